The van der Waals surface area contributed by atoms with Crippen LogP contribution in [0.5, 0.6) is 0 Å². The number of amides is 1. The summed E-state index contributed by atoms with van der Waals surface area (Å²) in [5.41, 5.74) is 1.80. The number of nitrogens with one attached hydrogen (secondary N) is 2. The Balaban J connectivity index is 1.81. The average Bonchev–Trinajstić information content (AvgIpc) is 2.58. The van der Waals surface area contributed by atoms with Crippen molar-refractivity contribution in [3.8, 4) is 0 Å². The lowest BCUT2D eigenvalue weighted by Crippen LogP contribution is -2.24. The zero-order valence-electron chi connectivity index (χ0n) is 13.0. The zero-order valence-corrected chi connectivity index (χ0v) is 13.0. The predicted molar refractivity (Wildman–Crippen MR) is 89.9 cm³/mol. The largest absolute Gasteiger partial charge is 0.366 e. The van der Waals surface area contributed by atoms with Gasteiger partial charge in [0, 0.05) is 19.3 Å². The third kappa shape index (κ3) is 5.20. The first-order valence-corrected chi connectivity index (χ1v) is 7.81. The topological polar surface area (TPSA) is 54.0 Å². The van der Waals surface area contributed by atoms with Crippen molar-refractivity contribution in [2.24, 2.45) is 0 Å². The molecule has 1 amide bonds. The summed E-state index contributed by atoms with van der Waals surface area (Å²) in [6.07, 6.45) is 4.93. The number of carbonyl (C=O) groups excluding carboxylic acids is 1. The van der Waals surface area contributed by atoms with Gasteiger partial charge in [-0.2, -0.15) is 0 Å². The fraction of sp³-hybridized carbons (Fsp3) is 0.333. The van der Waals surface area contributed by atoms with Gasteiger partial charge in [-0.05, 0) is 24.1 Å². The molecule has 2 N–H and O–H groups in total. The van der Waals surface area contributed by atoms with Crippen LogP contribution in [-0.2, 0) is 6.54 Å². The van der Waals surface area contributed by atoms with Gasteiger partial charge in [0.2, 0.25) is 0 Å². The van der Waals surface area contributed by atoms with Crippen molar-refractivity contribution in [2.45, 2.75) is 32.7 Å². The van der Waals surface area contributed by atoms with Crippen molar-refractivity contribution in [1.29, 1.82) is 0 Å². The van der Waals surface area contributed by atoms with Gasteiger partial charge in [-0.3, -0.25) is 4.79 Å². The molecule has 0 aliphatic rings. The summed E-state index contributed by atoms with van der Waals surface area (Å²) in [5.74, 6) is 0.713. The summed E-state index contributed by atoms with van der Waals surface area (Å²) < 4.78 is 0. The Morgan fingerprint density at radius 1 is 1.09 bits per heavy atom. The Bertz CT molecular complexity index is 567. The summed E-state index contributed by atoms with van der Waals surface area (Å²) in [7, 11) is 0. The fourth-order valence-corrected chi connectivity index (χ4v) is 2.10. The zero-order chi connectivity index (χ0) is 15.6. The minimum atomic E-state index is -0.0572. The van der Waals surface area contributed by atoms with Crippen molar-refractivity contribution in [3.05, 3.63) is 59.8 Å². The maximum atomic E-state index is 11.9. The summed E-state index contributed by atoms with van der Waals surface area (Å²) in [6, 6.07) is 13.8. The molecule has 0 bridgehead atoms. The fourth-order valence-electron chi connectivity index (χ4n) is 2.10. The van der Waals surface area contributed by atoms with Crippen LogP contribution in [0.15, 0.2) is 48.7 Å². The van der Waals surface area contributed by atoms with E-state index in [0.717, 1.165) is 38.2 Å². The molecule has 0 spiro atoms. The van der Waals surface area contributed by atoms with Crippen LogP contribution in [0.2, 0.25) is 0 Å². The SMILES string of the molecule is CCCCCNC(=O)c1ccc(NCc2ccccc2)nc1. The van der Waals surface area contributed by atoms with E-state index >= 15 is 0 Å². The van der Waals surface area contributed by atoms with Crippen LogP contribution < -0.4 is 10.6 Å². The molecule has 0 aliphatic heterocycles. The lowest BCUT2D eigenvalue weighted by molar-refractivity contribution is 0.0952. The summed E-state index contributed by atoms with van der Waals surface area (Å²) in [5, 5.41) is 6.16. The van der Waals surface area contributed by atoms with E-state index in [1.165, 1.54) is 5.56 Å². The van der Waals surface area contributed by atoms with E-state index in [1.54, 1.807) is 12.3 Å². The first-order valence-electron chi connectivity index (χ1n) is 7.81. The van der Waals surface area contributed by atoms with Crippen molar-refractivity contribution in [2.75, 3.05) is 11.9 Å². The highest BCUT2D eigenvalue weighted by molar-refractivity contribution is 5.94. The number of anilines is 1. The van der Waals surface area contributed by atoms with Crippen molar-refractivity contribution < 1.29 is 4.79 Å². The molecule has 2 rings (SSSR count). The van der Waals surface area contributed by atoms with Gasteiger partial charge in [-0.25, -0.2) is 4.98 Å². The van der Waals surface area contributed by atoms with E-state index in [0.29, 0.717) is 5.56 Å². The number of hydrogen-bond acceptors (Lipinski definition) is 3. The van der Waals surface area contributed by atoms with Gasteiger partial charge in [0.15, 0.2) is 0 Å². The van der Waals surface area contributed by atoms with Crippen LogP contribution in [0.3, 0.4) is 0 Å². The molecule has 0 aliphatic carbocycles. The molecule has 116 valence electrons. The van der Waals surface area contributed by atoms with Crippen molar-refractivity contribution in [3.63, 3.8) is 0 Å². The molecule has 1 aromatic heterocycles. The Morgan fingerprint density at radius 3 is 2.59 bits per heavy atom. The first kappa shape index (κ1) is 16.0. The first-order chi connectivity index (χ1) is 10.8. The van der Waals surface area contributed by atoms with Gasteiger partial charge < -0.3 is 10.6 Å². The lowest BCUT2D eigenvalue weighted by Gasteiger charge is -2.07. The highest BCUT2D eigenvalue weighted by atomic mass is 16.1. The summed E-state index contributed by atoms with van der Waals surface area (Å²) in [4.78, 5) is 16.2. The highest BCUT2D eigenvalue weighted by Crippen LogP contribution is 2.08. The molecule has 0 radical (unpaired) electrons. The second-order valence-corrected chi connectivity index (χ2v) is 5.23. The van der Waals surface area contributed by atoms with Crippen LogP contribution in [-0.4, -0.2) is 17.4 Å². The van der Waals surface area contributed by atoms with Crippen LogP contribution in [0.1, 0.15) is 42.1 Å². The van der Waals surface area contributed by atoms with E-state index in [4.69, 9.17) is 0 Å². The maximum absolute atomic E-state index is 11.9. The second-order valence-electron chi connectivity index (χ2n) is 5.23. The normalized spacial score (nSPS) is 10.2. The Kier molecular flexibility index (Phi) is 6.42. The summed E-state index contributed by atoms with van der Waals surface area (Å²) in [6.45, 7) is 3.59. The standard InChI is InChI=1S/C18H23N3O/c1-2-3-7-12-19-18(22)16-10-11-17(21-14-16)20-13-15-8-5-4-6-9-15/h4-6,8-11,14H,2-3,7,12-13H2,1H3,(H,19,22)(H,20,21). The third-order valence-corrected chi connectivity index (χ3v) is 3.41. The Morgan fingerprint density at radius 2 is 1.91 bits per heavy atom. The van der Waals surface area contributed by atoms with Crippen LogP contribution in [0.25, 0.3) is 0 Å². The molecule has 2 aromatic rings. The monoisotopic (exact) mass is 297 g/mol. The molecule has 0 fully saturated rings. The molecule has 1 aromatic carbocycles. The molecule has 0 saturated heterocycles. The molecule has 0 saturated carbocycles. The van der Waals surface area contributed by atoms with Crippen molar-refractivity contribution >= 4 is 11.7 Å². The van der Waals surface area contributed by atoms with Gasteiger partial charge in [0.05, 0.1) is 5.56 Å². The van der Waals surface area contributed by atoms with E-state index in [2.05, 4.69) is 34.7 Å². The van der Waals surface area contributed by atoms with Gasteiger partial charge in [0.1, 0.15) is 5.82 Å². The van der Waals surface area contributed by atoms with Gasteiger partial charge in [0.25, 0.3) is 5.91 Å². The summed E-state index contributed by atoms with van der Waals surface area (Å²) >= 11 is 0. The van der Waals surface area contributed by atoms with E-state index in [9.17, 15) is 4.79 Å². The highest BCUT2D eigenvalue weighted by Gasteiger charge is 2.05. The number of rotatable bonds is 8. The van der Waals surface area contributed by atoms with Gasteiger partial charge >= 0.3 is 0 Å². The number of benzene rings is 1. The average molecular weight is 297 g/mol. The number of pyridine rings is 1. The van der Waals surface area contributed by atoms with Gasteiger partial charge in [-0.15, -0.1) is 0 Å². The maximum Gasteiger partial charge on any atom is 0.252 e. The quantitative estimate of drug-likeness (QED) is 0.732. The van der Waals surface area contributed by atoms with Crippen LogP contribution in [0, 0.1) is 0 Å². The molecular formula is C18H23N3O. The van der Waals surface area contributed by atoms with Gasteiger partial charge in [-0.1, -0.05) is 50.1 Å². The molecular weight excluding hydrogens is 274 g/mol. The second kappa shape index (κ2) is 8.82. The number of aromatic nitrogens is 1. The third-order valence-electron chi connectivity index (χ3n) is 3.41. The molecule has 4 nitrogen and oxygen atoms in total. The molecule has 0 atom stereocenters. The number of hydrogen-bond donors (Lipinski definition) is 2. The van der Waals surface area contributed by atoms with Crippen molar-refractivity contribution in [1.82, 2.24) is 10.3 Å². The molecule has 1 heterocycles. The minimum Gasteiger partial charge on any atom is -0.366 e. The number of nitrogens with zero attached hydrogens (tertiary/aromatic N) is 1. The molecule has 4 heteroatoms. The van der Waals surface area contributed by atoms with Crippen LogP contribution in [0.4, 0.5) is 5.82 Å². The minimum absolute atomic E-state index is 0.0572. The predicted octanol–water partition coefficient (Wildman–Crippen LogP) is 3.61. The van der Waals surface area contributed by atoms with E-state index < -0.39 is 0 Å². The molecule has 22 heavy (non-hydrogen) atoms. The molecule has 0 unspecified atom stereocenters. The number of unbranched alkanes of at least 4 members (excludes halogenated alkanes) is 2. The lowest BCUT2D eigenvalue weighted by atomic mass is 10.2. The van der Waals surface area contributed by atoms with Crippen LogP contribution >= 0.6 is 0 Å². The Hall–Kier alpha value is -2.36. The Labute approximate surface area is 132 Å². The van der Waals surface area contributed by atoms with E-state index in [-0.39, 0.29) is 5.91 Å². The van der Waals surface area contributed by atoms with E-state index in [1.807, 2.05) is 24.3 Å². The number of carbonyl (C=O) groups is 1. The smallest absolute Gasteiger partial charge is 0.252 e.